The van der Waals surface area contributed by atoms with Gasteiger partial charge in [-0.15, -0.1) is 0 Å². The number of ketones is 1. The topological polar surface area (TPSA) is 20.3 Å². The second-order valence-electron chi connectivity index (χ2n) is 5.00. The van der Waals surface area contributed by atoms with Gasteiger partial charge < -0.3 is 0 Å². The van der Waals surface area contributed by atoms with E-state index in [2.05, 4.69) is 4.90 Å². The van der Waals surface area contributed by atoms with Gasteiger partial charge in [0.05, 0.1) is 6.04 Å². The largest absolute Gasteiger partial charge is 0.292 e. The van der Waals surface area contributed by atoms with Crippen LogP contribution in [0.25, 0.3) is 0 Å². The molecular formula is C15H21F2NO. The Hall–Kier alpha value is -1.29. The van der Waals surface area contributed by atoms with Gasteiger partial charge in [0.1, 0.15) is 0 Å². The quantitative estimate of drug-likeness (QED) is 0.735. The predicted octanol–water partition coefficient (Wildman–Crippen LogP) is 3.66. The van der Waals surface area contributed by atoms with Crippen molar-refractivity contribution < 1.29 is 13.6 Å². The van der Waals surface area contributed by atoms with E-state index in [0.717, 1.165) is 25.1 Å². The summed E-state index contributed by atoms with van der Waals surface area (Å²) in [6, 6.07) is 3.18. The lowest BCUT2D eigenvalue weighted by molar-refractivity contribution is 0.0788. The second-order valence-corrected chi connectivity index (χ2v) is 5.00. The van der Waals surface area contributed by atoms with Gasteiger partial charge >= 0.3 is 0 Å². The summed E-state index contributed by atoms with van der Waals surface area (Å²) in [4.78, 5) is 14.4. The third kappa shape index (κ3) is 3.83. The zero-order valence-electron chi connectivity index (χ0n) is 11.9. The van der Waals surface area contributed by atoms with E-state index in [-0.39, 0.29) is 23.4 Å². The molecule has 1 aromatic carbocycles. The van der Waals surface area contributed by atoms with Gasteiger partial charge in [0.25, 0.3) is 0 Å². The summed E-state index contributed by atoms with van der Waals surface area (Å²) < 4.78 is 26.0. The maximum absolute atomic E-state index is 13.2. The summed E-state index contributed by atoms with van der Waals surface area (Å²) in [6.07, 6.45) is 0.938. The second kappa shape index (κ2) is 6.75. The standard InChI is InChI=1S/C15H21F2NO/c1-5-8-18(10(2)3)11(4)15(19)12-6-7-13(16)14(17)9-12/h6-7,9-11H,5,8H2,1-4H3. The first kappa shape index (κ1) is 15.8. The molecule has 4 heteroatoms. The number of nitrogens with zero attached hydrogens (tertiary/aromatic N) is 1. The van der Waals surface area contributed by atoms with Crippen molar-refractivity contribution in [2.75, 3.05) is 6.54 Å². The fraction of sp³-hybridized carbons (Fsp3) is 0.533. The molecule has 1 aromatic rings. The Morgan fingerprint density at radius 3 is 2.32 bits per heavy atom. The lowest BCUT2D eigenvalue weighted by Crippen LogP contribution is -2.43. The van der Waals surface area contributed by atoms with E-state index in [4.69, 9.17) is 0 Å². The molecule has 0 bridgehead atoms. The van der Waals surface area contributed by atoms with Crippen LogP contribution < -0.4 is 0 Å². The van der Waals surface area contributed by atoms with E-state index in [0.29, 0.717) is 0 Å². The first-order valence-corrected chi connectivity index (χ1v) is 6.63. The number of carbonyl (C=O) groups excluding carboxylic acids is 1. The molecular weight excluding hydrogens is 248 g/mol. The SMILES string of the molecule is CCCN(C(C)C)C(C)C(=O)c1ccc(F)c(F)c1. The zero-order chi connectivity index (χ0) is 14.6. The minimum Gasteiger partial charge on any atom is -0.292 e. The molecule has 0 aliphatic carbocycles. The molecule has 0 aliphatic heterocycles. The van der Waals surface area contributed by atoms with Crippen LogP contribution in [0.15, 0.2) is 18.2 Å². The highest BCUT2D eigenvalue weighted by molar-refractivity contribution is 5.99. The summed E-state index contributed by atoms with van der Waals surface area (Å²) in [7, 11) is 0. The lowest BCUT2D eigenvalue weighted by atomic mass is 10.0. The van der Waals surface area contributed by atoms with Crippen molar-refractivity contribution in [3.63, 3.8) is 0 Å². The molecule has 19 heavy (non-hydrogen) atoms. The van der Waals surface area contributed by atoms with E-state index >= 15 is 0 Å². The Morgan fingerprint density at radius 2 is 1.84 bits per heavy atom. The number of hydrogen-bond donors (Lipinski definition) is 0. The highest BCUT2D eigenvalue weighted by atomic mass is 19.2. The van der Waals surface area contributed by atoms with Gasteiger partial charge in [-0.25, -0.2) is 8.78 Å². The van der Waals surface area contributed by atoms with Crippen molar-refractivity contribution in [1.82, 2.24) is 4.90 Å². The van der Waals surface area contributed by atoms with Gasteiger partial charge in [0.2, 0.25) is 0 Å². The van der Waals surface area contributed by atoms with Gasteiger partial charge in [-0.3, -0.25) is 9.69 Å². The van der Waals surface area contributed by atoms with Crippen LogP contribution in [0.4, 0.5) is 8.78 Å². The normalized spacial score (nSPS) is 13.1. The van der Waals surface area contributed by atoms with Crippen LogP contribution in [0.2, 0.25) is 0 Å². The first-order chi connectivity index (χ1) is 8.88. The van der Waals surface area contributed by atoms with E-state index in [1.165, 1.54) is 6.07 Å². The summed E-state index contributed by atoms with van der Waals surface area (Å²) in [5.74, 6) is -2.09. The van der Waals surface area contributed by atoms with E-state index in [9.17, 15) is 13.6 Å². The molecule has 1 atom stereocenters. The van der Waals surface area contributed by atoms with Crippen molar-refractivity contribution in [2.24, 2.45) is 0 Å². The van der Waals surface area contributed by atoms with Crippen LogP contribution in [-0.2, 0) is 0 Å². The third-order valence-electron chi connectivity index (χ3n) is 3.23. The van der Waals surface area contributed by atoms with Gasteiger partial charge in [-0.2, -0.15) is 0 Å². The van der Waals surface area contributed by atoms with E-state index < -0.39 is 11.6 Å². The Morgan fingerprint density at radius 1 is 1.21 bits per heavy atom. The Kier molecular flexibility index (Phi) is 5.60. The van der Waals surface area contributed by atoms with Crippen LogP contribution in [0.5, 0.6) is 0 Å². The lowest BCUT2D eigenvalue weighted by Gasteiger charge is -2.31. The van der Waals surface area contributed by atoms with Crippen LogP contribution in [0.1, 0.15) is 44.5 Å². The van der Waals surface area contributed by atoms with Crippen molar-refractivity contribution >= 4 is 5.78 Å². The third-order valence-corrected chi connectivity index (χ3v) is 3.23. The summed E-state index contributed by atoms with van der Waals surface area (Å²) in [5.41, 5.74) is 0.216. The average Bonchev–Trinajstić information content (AvgIpc) is 2.37. The number of rotatable bonds is 6. The minimum atomic E-state index is -0.982. The number of hydrogen-bond acceptors (Lipinski definition) is 2. The van der Waals surface area contributed by atoms with E-state index in [1.807, 2.05) is 20.8 Å². The van der Waals surface area contributed by atoms with Gasteiger partial charge in [0.15, 0.2) is 17.4 Å². The molecule has 0 spiro atoms. The predicted molar refractivity (Wildman–Crippen MR) is 72.3 cm³/mol. The molecule has 0 heterocycles. The zero-order valence-corrected chi connectivity index (χ0v) is 11.9. The summed E-state index contributed by atoms with van der Waals surface area (Å²) >= 11 is 0. The Labute approximate surface area is 113 Å². The number of Topliss-reactive ketones (excluding diaryl/α,β-unsaturated/α-hetero) is 1. The van der Waals surface area contributed by atoms with Crippen molar-refractivity contribution in [1.29, 1.82) is 0 Å². The molecule has 0 aliphatic rings. The van der Waals surface area contributed by atoms with Crippen molar-refractivity contribution in [3.05, 3.63) is 35.4 Å². The highest BCUT2D eigenvalue weighted by Gasteiger charge is 2.24. The molecule has 0 aromatic heterocycles. The summed E-state index contributed by atoms with van der Waals surface area (Å²) in [6.45, 7) is 8.69. The molecule has 0 saturated carbocycles. The molecule has 106 valence electrons. The van der Waals surface area contributed by atoms with Gasteiger partial charge in [-0.1, -0.05) is 6.92 Å². The number of carbonyl (C=O) groups is 1. The molecule has 1 unspecified atom stereocenters. The molecule has 0 radical (unpaired) electrons. The molecule has 2 nitrogen and oxygen atoms in total. The smallest absolute Gasteiger partial charge is 0.179 e. The van der Waals surface area contributed by atoms with Crippen LogP contribution >= 0.6 is 0 Å². The van der Waals surface area contributed by atoms with Gasteiger partial charge in [-0.05, 0) is 51.9 Å². The molecule has 0 fully saturated rings. The molecule has 0 N–H and O–H groups in total. The monoisotopic (exact) mass is 269 g/mol. The highest BCUT2D eigenvalue weighted by Crippen LogP contribution is 2.15. The van der Waals surface area contributed by atoms with Crippen molar-refractivity contribution in [3.8, 4) is 0 Å². The molecule has 0 amide bonds. The summed E-state index contributed by atoms with van der Waals surface area (Å²) in [5, 5.41) is 0. The van der Waals surface area contributed by atoms with Crippen LogP contribution in [0.3, 0.4) is 0 Å². The number of halogens is 2. The molecule has 1 rings (SSSR count). The fourth-order valence-electron chi connectivity index (χ4n) is 2.20. The first-order valence-electron chi connectivity index (χ1n) is 6.63. The van der Waals surface area contributed by atoms with Gasteiger partial charge in [0, 0.05) is 11.6 Å². The number of benzene rings is 1. The maximum atomic E-state index is 13.2. The molecule has 0 saturated heterocycles. The van der Waals surface area contributed by atoms with Crippen molar-refractivity contribution in [2.45, 2.75) is 46.2 Å². The van der Waals surface area contributed by atoms with E-state index in [1.54, 1.807) is 6.92 Å². The minimum absolute atomic E-state index is 0.180. The van der Waals surface area contributed by atoms with Crippen LogP contribution in [0, 0.1) is 11.6 Å². The Bertz CT molecular complexity index is 446. The fourth-order valence-corrected chi connectivity index (χ4v) is 2.20. The maximum Gasteiger partial charge on any atom is 0.179 e. The average molecular weight is 269 g/mol. The Balaban J connectivity index is 2.94. The van der Waals surface area contributed by atoms with Crippen LogP contribution in [-0.4, -0.2) is 29.3 Å².